The first-order valence-corrected chi connectivity index (χ1v) is 8.18. The van der Waals surface area contributed by atoms with E-state index in [0.29, 0.717) is 0 Å². The van der Waals surface area contributed by atoms with Gasteiger partial charge in [0.2, 0.25) is 0 Å². The van der Waals surface area contributed by atoms with E-state index in [1.54, 1.807) is 18.6 Å². The average molecular weight is 306 g/mol. The second kappa shape index (κ2) is 5.41. The molecule has 6 heteroatoms. The van der Waals surface area contributed by atoms with Crippen LogP contribution in [0.15, 0.2) is 26.4 Å². The van der Waals surface area contributed by atoms with Crippen LogP contribution in [0.25, 0.3) is 0 Å². The zero-order valence-electron chi connectivity index (χ0n) is 8.74. The molecule has 0 saturated heterocycles. The molecular weight excluding hydrogens is 295 g/mol. The van der Waals surface area contributed by atoms with Crippen LogP contribution in [-0.2, 0) is 21.6 Å². The zero-order chi connectivity index (χ0) is 11.6. The third-order valence-corrected chi connectivity index (χ3v) is 4.84. The quantitative estimate of drug-likeness (QED) is 0.789. The Bertz CT molecular complexity index is 434. The molecule has 0 heterocycles. The van der Waals surface area contributed by atoms with E-state index < -0.39 is 21.6 Å². The van der Waals surface area contributed by atoms with Gasteiger partial charge in [0.25, 0.3) is 0 Å². The highest BCUT2D eigenvalue weighted by Crippen LogP contribution is 2.21. The molecule has 0 fully saturated rings. The summed E-state index contributed by atoms with van der Waals surface area (Å²) in [5.74, 6) is 0. The monoisotopic (exact) mass is 305 g/mol. The molecule has 0 aliphatic heterocycles. The van der Waals surface area contributed by atoms with E-state index in [1.165, 1.54) is 0 Å². The van der Waals surface area contributed by atoms with Crippen molar-refractivity contribution in [3.8, 4) is 0 Å². The van der Waals surface area contributed by atoms with Crippen molar-refractivity contribution in [2.24, 2.45) is 0 Å². The average Bonchev–Trinajstić information content (AvgIpc) is 2.16. The van der Waals surface area contributed by atoms with Crippen LogP contribution in [0, 0.1) is 0 Å². The maximum Gasteiger partial charge on any atom is 0.149 e. The summed E-state index contributed by atoms with van der Waals surface area (Å²) in [5.41, 5.74) is 0.879. The van der Waals surface area contributed by atoms with Crippen LogP contribution < -0.4 is 5.46 Å². The molecule has 81 valence electrons. The molecule has 2 atom stereocenters. The lowest BCUT2D eigenvalue weighted by Gasteiger charge is -2.09. The molecule has 0 aliphatic carbocycles. The molecule has 0 N–H and O–H groups in total. The van der Waals surface area contributed by atoms with Crippen molar-refractivity contribution in [1.82, 2.24) is 0 Å². The molecule has 0 amide bonds. The molecule has 2 unspecified atom stereocenters. The van der Waals surface area contributed by atoms with Crippen LogP contribution in [0.4, 0.5) is 0 Å². The Labute approximate surface area is 104 Å². The second-order valence-corrected chi connectivity index (χ2v) is 6.57. The first-order valence-electron chi connectivity index (χ1n) is 4.27. The molecule has 15 heavy (non-hydrogen) atoms. The van der Waals surface area contributed by atoms with E-state index in [1.807, 2.05) is 20.2 Å². The van der Waals surface area contributed by atoms with Crippen molar-refractivity contribution in [3.05, 3.63) is 16.6 Å². The van der Waals surface area contributed by atoms with E-state index in [0.717, 1.165) is 19.7 Å². The van der Waals surface area contributed by atoms with Crippen LogP contribution in [0.1, 0.15) is 0 Å². The lowest BCUT2D eigenvalue weighted by Crippen LogP contribution is -2.18. The van der Waals surface area contributed by atoms with Gasteiger partial charge in [-0.25, -0.2) is 0 Å². The molecule has 0 aliphatic rings. The van der Waals surface area contributed by atoms with Gasteiger partial charge in [0.1, 0.15) is 7.28 Å². The molecule has 1 aromatic carbocycles. The van der Waals surface area contributed by atoms with Crippen LogP contribution in [0.5, 0.6) is 0 Å². The standard InChI is InChI=1S/C9H11BBrO2S2/c1-10-6-4-9(15(3)13)7(11)5-8(6)14(2)12/h4-5H,1-3H3. The SMILES string of the molecule is C[B]c1cc(S(C)=O)c(Br)cc1S(C)=O. The number of halogens is 1. The lowest BCUT2D eigenvalue weighted by molar-refractivity contribution is 0.684. The van der Waals surface area contributed by atoms with Gasteiger partial charge in [-0.05, 0) is 22.0 Å². The molecule has 0 saturated carbocycles. The lowest BCUT2D eigenvalue weighted by atomic mass is 9.73. The summed E-state index contributed by atoms with van der Waals surface area (Å²) in [6, 6.07) is 3.60. The Morgan fingerprint density at radius 3 is 2.07 bits per heavy atom. The minimum Gasteiger partial charge on any atom is -0.255 e. The summed E-state index contributed by atoms with van der Waals surface area (Å²) in [6.45, 7) is 1.88. The maximum atomic E-state index is 11.5. The van der Waals surface area contributed by atoms with Crippen molar-refractivity contribution >= 4 is 50.3 Å². The van der Waals surface area contributed by atoms with Gasteiger partial charge < -0.3 is 0 Å². The molecule has 0 spiro atoms. The molecule has 0 bridgehead atoms. The van der Waals surface area contributed by atoms with E-state index in [2.05, 4.69) is 15.9 Å². The number of hydrogen-bond donors (Lipinski definition) is 0. The highest BCUT2D eigenvalue weighted by molar-refractivity contribution is 9.10. The van der Waals surface area contributed by atoms with Crippen LogP contribution in [-0.4, -0.2) is 28.2 Å². The van der Waals surface area contributed by atoms with Gasteiger partial charge in [0.15, 0.2) is 0 Å². The van der Waals surface area contributed by atoms with Gasteiger partial charge in [0, 0.05) is 32.7 Å². The Morgan fingerprint density at radius 1 is 1.13 bits per heavy atom. The predicted octanol–water partition coefficient (Wildman–Crippen LogP) is 1.30. The number of hydrogen-bond acceptors (Lipinski definition) is 2. The van der Waals surface area contributed by atoms with Crippen molar-refractivity contribution < 1.29 is 8.42 Å². The van der Waals surface area contributed by atoms with Crippen LogP contribution in [0.2, 0.25) is 6.82 Å². The van der Waals surface area contributed by atoms with E-state index in [4.69, 9.17) is 0 Å². The third-order valence-electron chi connectivity index (χ3n) is 1.99. The van der Waals surface area contributed by atoms with Gasteiger partial charge in [-0.2, -0.15) is 0 Å². The summed E-state index contributed by atoms with van der Waals surface area (Å²) < 4.78 is 23.6. The Hall–Kier alpha value is 0.0649. The third kappa shape index (κ3) is 3.01. The van der Waals surface area contributed by atoms with Crippen LogP contribution in [0.3, 0.4) is 0 Å². The molecular formula is C9H11BBrO2S2. The molecule has 2 nitrogen and oxygen atoms in total. The normalized spacial score (nSPS) is 14.7. The predicted molar refractivity (Wildman–Crippen MR) is 70.1 cm³/mol. The van der Waals surface area contributed by atoms with Crippen molar-refractivity contribution in [3.63, 3.8) is 0 Å². The summed E-state index contributed by atoms with van der Waals surface area (Å²) >= 11 is 3.34. The highest BCUT2D eigenvalue weighted by Gasteiger charge is 2.11. The first kappa shape index (κ1) is 13.1. The van der Waals surface area contributed by atoms with Crippen LogP contribution >= 0.6 is 15.9 Å². The summed E-state index contributed by atoms with van der Waals surface area (Å²) in [7, 11) is -0.198. The molecule has 1 aromatic rings. The van der Waals surface area contributed by atoms with Gasteiger partial charge in [-0.1, -0.05) is 18.4 Å². The van der Waals surface area contributed by atoms with Gasteiger partial charge >= 0.3 is 0 Å². The van der Waals surface area contributed by atoms with E-state index in [-0.39, 0.29) is 0 Å². The van der Waals surface area contributed by atoms with Gasteiger partial charge in [-0.3, -0.25) is 8.42 Å². The summed E-state index contributed by atoms with van der Waals surface area (Å²) in [4.78, 5) is 1.50. The van der Waals surface area contributed by atoms with E-state index >= 15 is 0 Å². The molecule has 1 radical (unpaired) electrons. The molecule has 1 rings (SSSR count). The minimum atomic E-state index is -1.04. The van der Waals surface area contributed by atoms with Crippen molar-refractivity contribution in [2.75, 3.05) is 12.5 Å². The summed E-state index contributed by atoms with van der Waals surface area (Å²) in [5, 5.41) is 0. The minimum absolute atomic E-state index is 0.734. The topological polar surface area (TPSA) is 34.1 Å². The first-order chi connectivity index (χ1) is 6.97. The van der Waals surface area contributed by atoms with E-state index in [9.17, 15) is 8.42 Å². The van der Waals surface area contributed by atoms with Gasteiger partial charge in [-0.15, -0.1) is 0 Å². The Kier molecular flexibility index (Phi) is 4.74. The number of benzene rings is 1. The fourth-order valence-electron chi connectivity index (χ4n) is 1.25. The Balaban J connectivity index is 3.42. The molecule has 0 aromatic heterocycles. The second-order valence-electron chi connectivity index (χ2n) is 3.02. The number of rotatable bonds is 3. The zero-order valence-corrected chi connectivity index (χ0v) is 12.0. The Morgan fingerprint density at radius 2 is 1.67 bits per heavy atom. The van der Waals surface area contributed by atoms with Crippen molar-refractivity contribution in [1.29, 1.82) is 0 Å². The highest BCUT2D eigenvalue weighted by atomic mass is 79.9. The largest absolute Gasteiger partial charge is 0.255 e. The smallest absolute Gasteiger partial charge is 0.149 e. The fourth-order valence-corrected chi connectivity index (χ4v) is 3.84. The maximum absolute atomic E-state index is 11.5. The van der Waals surface area contributed by atoms with Gasteiger partial charge in [0.05, 0.1) is 15.7 Å². The summed E-state index contributed by atoms with van der Waals surface area (Å²) in [6.07, 6.45) is 3.26. The van der Waals surface area contributed by atoms with Crippen molar-refractivity contribution in [2.45, 2.75) is 16.6 Å². The fraction of sp³-hybridized carbons (Fsp3) is 0.333.